The summed E-state index contributed by atoms with van der Waals surface area (Å²) < 4.78 is 0. The van der Waals surface area contributed by atoms with Crippen LogP contribution in [-0.2, 0) is 6.42 Å². The minimum atomic E-state index is 0.752. The molecule has 0 aliphatic carbocycles. The van der Waals surface area contributed by atoms with E-state index in [2.05, 4.69) is 85.6 Å². The highest BCUT2D eigenvalue weighted by Crippen LogP contribution is 2.35. The van der Waals surface area contributed by atoms with Crippen molar-refractivity contribution in [2.24, 2.45) is 5.73 Å². The molecule has 0 radical (unpaired) electrons. The molecule has 142 valence electrons. The Bertz CT molecular complexity index is 1070. The Morgan fingerprint density at radius 2 is 1.46 bits per heavy atom. The monoisotopic (exact) mass is 368 g/mol. The lowest BCUT2D eigenvalue weighted by molar-refractivity contribution is 0.748. The number of nitrogens with two attached hydrogens (primary N) is 1. The highest BCUT2D eigenvalue weighted by atomic mass is 14.7. The van der Waals surface area contributed by atoms with Gasteiger partial charge in [-0.3, -0.25) is 0 Å². The first-order valence-electron chi connectivity index (χ1n) is 10.1. The summed E-state index contributed by atoms with van der Waals surface area (Å²) in [6.07, 6.45) is 3.23. The van der Waals surface area contributed by atoms with Gasteiger partial charge in [0.1, 0.15) is 0 Å². The van der Waals surface area contributed by atoms with Gasteiger partial charge in [0.05, 0.1) is 0 Å². The highest BCUT2D eigenvalue weighted by Gasteiger charge is 2.15. The van der Waals surface area contributed by atoms with E-state index in [9.17, 15) is 0 Å². The Labute approximate surface area is 167 Å². The highest BCUT2D eigenvalue weighted by molar-refractivity contribution is 5.93. The van der Waals surface area contributed by atoms with Gasteiger partial charge in [-0.05, 0) is 79.1 Å². The number of H-pyrrole nitrogens is 1. The fourth-order valence-corrected chi connectivity index (χ4v) is 4.20. The molecule has 0 fully saturated rings. The summed E-state index contributed by atoms with van der Waals surface area (Å²) in [5, 5.41) is 1.38. The molecule has 2 heteroatoms. The first-order chi connectivity index (χ1) is 13.7. The summed E-state index contributed by atoms with van der Waals surface area (Å²) >= 11 is 0. The van der Waals surface area contributed by atoms with Gasteiger partial charge in [0, 0.05) is 16.6 Å². The Morgan fingerprint density at radius 3 is 2.18 bits per heavy atom. The predicted molar refractivity (Wildman–Crippen MR) is 121 cm³/mol. The van der Waals surface area contributed by atoms with Gasteiger partial charge < -0.3 is 10.7 Å². The second-order valence-corrected chi connectivity index (χ2v) is 7.67. The van der Waals surface area contributed by atoms with Crippen LogP contribution in [-0.4, -0.2) is 11.5 Å². The molecule has 0 saturated carbocycles. The van der Waals surface area contributed by atoms with Gasteiger partial charge in [0.2, 0.25) is 0 Å². The number of hydrogen-bond donors (Lipinski definition) is 2. The molecule has 0 spiro atoms. The maximum absolute atomic E-state index is 5.74. The van der Waals surface area contributed by atoms with Crippen molar-refractivity contribution < 1.29 is 0 Å². The third kappa shape index (κ3) is 3.61. The van der Waals surface area contributed by atoms with Crippen molar-refractivity contribution >= 4 is 10.9 Å². The largest absolute Gasteiger partial charge is 0.354 e. The van der Waals surface area contributed by atoms with Gasteiger partial charge in [0.25, 0.3) is 0 Å². The molecule has 0 unspecified atom stereocenters. The second kappa shape index (κ2) is 8.04. The number of fused-ring (bicyclic) bond motifs is 1. The summed E-state index contributed by atoms with van der Waals surface area (Å²) in [7, 11) is 0. The maximum atomic E-state index is 5.74. The molecule has 3 N–H and O–H groups in total. The molecule has 4 aromatic rings. The van der Waals surface area contributed by atoms with Crippen LogP contribution in [0, 0.1) is 13.8 Å². The van der Waals surface area contributed by atoms with Crippen molar-refractivity contribution in [1.29, 1.82) is 0 Å². The van der Waals surface area contributed by atoms with Crippen molar-refractivity contribution in [3.63, 3.8) is 0 Å². The third-order valence-electron chi connectivity index (χ3n) is 5.50. The lowest BCUT2D eigenvalue weighted by Crippen LogP contribution is -1.99. The third-order valence-corrected chi connectivity index (χ3v) is 5.50. The second-order valence-electron chi connectivity index (χ2n) is 7.67. The molecule has 0 aliphatic heterocycles. The number of hydrogen-bond acceptors (Lipinski definition) is 1. The molecule has 1 heterocycles. The van der Waals surface area contributed by atoms with Crippen molar-refractivity contribution in [2.75, 3.05) is 6.54 Å². The Morgan fingerprint density at radius 1 is 0.786 bits per heavy atom. The Kier molecular flexibility index (Phi) is 5.31. The van der Waals surface area contributed by atoms with E-state index in [1.54, 1.807) is 0 Å². The molecule has 0 aliphatic rings. The summed E-state index contributed by atoms with van der Waals surface area (Å²) in [6.45, 7) is 5.13. The predicted octanol–water partition coefficient (Wildman–Crippen LogP) is 6.40. The van der Waals surface area contributed by atoms with Crippen LogP contribution in [0.15, 0.2) is 66.7 Å². The van der Waals surface area contributed by atoms with E-state index in [0.717, 1.165) is 25.8 Å². The molecule has 0 saturated heterocycles. The Hall–Kier alpha value is -2.84. The van der Waals surface area contributed by atoms with Gasteiger partial charge in [-0.1, -0.05) is 60.7 Å². The minimum Gasteiger partial charge on any atom is -0.354 e. The molecule has 4 rings (SSSR count). The molecular weight excluding hydrogens is 340 g/mol. The van der Waals surface area contributed by atoms with Gasteiger partial charge in [-0.15, -0.1) is 0 Å². The fraction of sp³-hybridized carbons (Fsp3) is 0.231. The quantitative estimate of drug-likeness (QED) is 0.380. The number of benzene rings is 3. The van der Waals surface area contributed by atoms with E-state index in [-0.39, 0.29) is 0 Å². The van der Waals surface area contributed by atoms with Gasteiger partial charge in [-0.2, -0.15) is 0 Å². The zero-order valence-electron chi connectivity index (χ0n) is 16.8. The van der Waals surface area contributed by atoms with Crippen LogP contribution in [0.3, 0.4) is 0 Å². The van der Waals surface area contributed by atoms with E-state index in [1.165, 1.54) is 50.0 Å². The number of rotatable bonds is 6. The molecule has 3 aromatic carbocycles. The zero-order valence-corrected chi connectivity index (χ0v) is 16.8. The van der Waals surface area contributed by atoms with Crippen LogP contribution < -0.4 is 5.73 Å². The Balaban J connectivity index is 1.78. The zero-order chi connectivity index (χ0) is 19.5. The normalized spacial score (nSPS) is 11.2. The summed E-state index contributed by atoms with van der Waals surface area (Å²) in [5.41, 5.74) is 16.0. The number of unbranched alkanes of at least 4 members (excludes halogenated alkanes) is 1. The van der Waals surface area contributed by atoms with E-state index in [1.807, 2.05) is 0 Å². The SMILES string of the molecule is Cc1cc(C)c2c(CCCCN)c(-c3ccc(-c4ccccc4)cc3)[nH]c2c1. The van der Waals surface area contributed by atoms with Crippen LogP contribution >= 0.6 is 0 Å². The van der Waals surface area contributed by atoms with Gasteiger partial charge in [-0.25, -0.2) is 0 Å². The molecule has 0 atom stereocenters. The smallest absolute Gasteiger partial charge is 0.0497 e. The fourth-order valence-electron chi connectivity index (χ4n) is 4.20. The lowest BCUT2D eigenvalue weighted by Gasteiger charge is -2.08. The maximum Gasteiger partial charge on any atom is 0.0497 e. The summed E-state index contributed by atoms with van der Waals surface area (Å²) in [5.74, 6) is 0. The van der Waals surface area contributed by atoms with Crippen molar-refractivity contribution in [1.82, 2.24) is 4.98 Å². The van der Waals surface area contributed by atoms with Crippen LogP contribution in [0.5, 0.6) is 0 Å². The van der Waals surface area contributed by atoms with Crippen LogP contribution in [0.1, 0.15) is 29.5 Å². The minimum absolute atomic E-state index is 0.752. The molecule has 28 heavy (non-hydrogen) atoms. The van der Waals surface area contributed by atoms with Crippen molar-refractivity contribution in [2.45, 2.75) is 33.1 Å². The van der Waals surface area contributed by atoms with E-state index >= 15 is 0 Å². The average molecular weight is 369 g/mol. The summed E-state index contributed by atoms with van der Waals surface area (Å²) in [4.78, 5) is 3.72. The standard InChI is InChI=1S/C26H28N2/c1-18-16-19(2)25-23(10-6-7-15-27)26(28-24(25)17-18)22-13-11-21(12-14-22)20-8-4-3-5-9-20/h3-5,8-9,11-14,16-17,28H,6-7,10,15,27H2,1-2H3. The van der Waals surface area contributed by atoms with Crippen molar-refractivity contribution in [3.05, 3.63) is 83.4 Å². The molecule has 0 bridgehead atoms. The topological polar surface area (TPSA) is 41.8 Å². The van der Waals surface area contributed by atoms with E-state index in [0.29, 0.717) is 0 Å². The van der Waals surface area contributed by atoms with Crippen LogP contribution in [0.25, 0.3) is 33.3 Å². The van der Waals surface area contributed by atoms with Gasteiger partial charge in [0.15, 0.2) is 0 Å². The van der Waals surface area contributed by atoms with E-state index in [4.69, 9.17) is 5.73 Å². The summed E-state index contributed by atoms with van der Waals surface area (Å²) in [6, 6.07) is 24.0. The van der Waals surface area contributed by atoms with Crippen LogP contribution in [0.4, 0.5) is 0 Å². The number of aryl methyl sites for hydroxylation is 3. The molecule has 1 aromatic heterocycles. The molecule has 2 nitrogen and oxygen atoms in total. The lowest BCUT2D eigenvalue weighted by atomic mass is 9.96. The van der Waals surface area contributed by atoms with Crippen molar-refractivity contribution in [3.8, 4) is 22.4 Å². The average Bonchev–Trinajstić information content (AvgIpc) is 3.07. The number of aromatic amines is 1. The first kappa shape index (κ1) is 18.5. The first-order valence-corrected chi connectivity index (χ1v) is 10.1. The van der Waals surface area contributed by atoms with E-state index < -0.39 is 0 Å². The van der Waals surface area contributed by atoms with Gasteiger partial charge >= 0.3 is 0 Å². The molecular formula is C26H28N2. The molecule has 0 amide bonds. The number of nitrogens with one attached hydrogen (secondary N) is 1. The number of aromatic nitrogens is 1. The van der Waals surface area contributed by atoms with Crippen LogP contribution in [0.2, 0.25) is 0 Å².